The highest BCUT2D eigenvalue weighted by atomic mass is 35.5. The van der Waals surface area contributed by atoms with Gasteiger partial charge in [0.25, 0.3) is 38.9 Å². The number of esters is 7. The van der Waals surface area contributed by atoms with Crippen LogP contribution in [0.25, 0.3) is 76.3 Å². The van der Waals surface area contributed by atoms with Crippen molar-refractivity contribution in [2.24, 2.45) is 49.3 Å². The third-order valence-corrected chi connectivity index (χ3v) is 22.7. The fraction of sp³-hybridized carbons (Fsp3) is 0.278. The van der Waals surface area contributed by atoms with Gasteiger partial charge in [0.15, 0.2) is 38.9 Å². The Morgan fingerprint density at radius 1 is 0.299 bits per heavy atom. The van der Waals surface area contributed by atoms with E-state index in [4.69, 9.17) is 70.1 Å². The van der Waals surface area contributed by atoms with Gasteiger partial charge in [-0.2, -0.15) is 0 Å². The van der Waals surface area contributed by atoms with Crippen molar-refractivity contribution >= 4 is 165 Å². The van der Waals surface area contributed by atoms with Gasteiger partial charge in [-0.25, -0.2) is 33.6 Å². The van der Waals surface area contributed by atoms with Crippen molar-refractivity contribution in [3.63, 3.8) is 0 Å². The molecule has 0 fully saturated rings. The van der Waals surface area contributed by atoms with Crippen molar-refractivity contribution in [2.75, 3.05) is 48.3 Å². The smallest absolute Gasteiger partial charge is 0.347 e. The van der Waals surface area contributed by atoms with Gasteiger partial charge >= 0.3 is 41.8 Å². The average molecular weight is 1970 g/mol. The normalized spacial score (nSPS) is 10.7. The van der Waals surface area contributed by atoms with Crippen LogP contribution in [0.3, 0.4) is 0 Å². The molecule has 7 heterocycles. The number of carbonyl (C=O) groups excluding carboxylic acids is 7. The molecule has 0 bridgehead atoms. The monoisotopic (exact) mass is 1970 g/mol. The molecule has 0 spiro atoms. The molecule has 0 radical (unpaired) electrons. The first kappa shape index (κ1) is 107. The van der Waals surface area contributed by atoms with E-state index in [9.17, 15) is 103 Å². The van der Waals surface area contributed by atoms with Crippen LogP contribution in [0.5, 0.6) is 46.0 Å². The van der Waals surface area contributed by atoms with Gasteiger partial charge in [0, 0.05) is 60.1 Å². The Kier molecular flexibility index (Phi) is 36.5. The highest BCUT2D eigenvalue weighted by molar-refractivity contribution is 6.38. The number of benzene rings is 7. The summed E-state index contributed by atoms with van der Waals surface area (Å²) in [6.45, 7) is 13.2. The number of carbonyl (C=O) groups is 7. The second kappa shape index (κ2) is 46.7. The quantitative estimate of drug-likeness (QED) is 0.0253. The highest BCUT2D eigenvalue weighted by Crippen LogP contribution is 2.40. The largest absolute Gasteiger partial charge is 0.506 e. The predicted molar refractivity (Wildman–Crippen MR) is 518 cm³/mol. The Balaban J connectivity index is 0.000000196. The maximum Gasteiger partial charge on any atom is 0.347 e. The van der Waals surface area contributed by atoms with Crippen molar-refractivity contribution in [2.45, 2.75) is 86.7 Å². The van der Waals surface area contributed by atoms with Gasteiger partial charge < -0.3 is 106 Å². The van der Waals surface area contributed by atoms with E-state index in [1.165, 1.54) is 81.4 Å². The first-order chi connectivity index (χ1) is 64.9. The summed E-state index contributed by atoms with van der Waals surface area (Å²) in [5, 5.41) is 74.9. The maximum atomic E-state index is 12.2. The van der Waals surface area contributed by atoms with Gasteiger partial charge in [-0.15, -0.1) is 0 Å². The molecule has 7 aromatic carbocycles. The van der Waals surface area contributed by atoms with Gasteiger partial charge in [0.2, 0.25) is 0 Å². The molecule has 14 rings (SSSR count). The second-order valence-electron chi connectivity index (χ2n) is 30.1. The molecule has 0 aliphatic heterocycles. The van der Waals surface area contributed by atoms with Crippen molar-refractivity contribution in [1.82, 2.24) is 32.0 Å². The zero-order chi connectivity index (χ0) is 102. The summed E-state index contributed by atoms with van der Waals surface area (Å²) in [6.07, 6.45) is 3.16. The van der Waals surface area contributed by atoms with Crippen LogP contribution >= 0.6 is 46.4 Å². The lowest BCUT2D eigenvalue weighted by Gasteiger charge is -2.13. The third kappa shape index (κ3) is 22.0. The van der Waals surface area contributed by atoms with E-state index in [1.807, 2.05) is 52.0 Å². The first-order valence-electron chi connectivity index (χ1n) is 41.9. The lowest BCUT2D eigenvalue weighted by molar-refractivity contribution is 0.0369. The zero-order valence-corrected chi connectivity index (χ0v) is 80.6. The molecular weight excluding hydrogens is 1870 g/mol. The summed E-state index contributed by atoms with van der Waals surface area (Å²) in [6, 6.07) is 35.3. The minimum atomic E-state index is -0.894. The first-order valence-corrected chi connectivity index (χ1v) is 43.4. The number of halogens is 4. The Labute approximate surface area is 799 Å². The highest BCUT2D eigenvalue weighted by Gasteiger charge is 2.32. The Morgan fingerprint density at radius 3 is 0.788 bits per heavy atom. The molecule has 7 aromatic heterocycles. The molecule has 0 saturated carbocycles. The zero-order valence-electron chi connectivity index (χ0n) is 77.6. The summed E-state index contributed by atoms with van der Waals surface area (Å²) >= 11 is 24.1. The molecule has 137 heavy (non-hydrogen) atoms. The summed E-state index contributed by atoms with van der Waals surface area (Å²) in [5.74, 6) is -8.35. The molecule has 40 heteroatoms. The Bertz CT molecular complexity index is 7460. The van der Waals surface area contributed by atoms with Crippen molar-refractivity contribution < 1.29 is 107 Å². The molecule has 7 N–H and O–H groups in total. The lowest BCUT2D eigenvalue weighted by atomic mass is 10.0. The molecule has 0 unspecified atom stereocenters. The van der Waals surface area contributed by atoms with Crippen molar-refractivity contribution in [1.29, 1.82) is 0 Å². The summed E-state index contributed by atoms with van der Waals surface area (Å²) in [4.78, 5) is 168. The Morgan fingerprint density at radius 2 is 0.533 bits per heavy atom. The number of hydrogen-bond donors (Lipinski definition) is 7. The van der Waals surface area contributed by atoms with E-state index in [1.54, 1.807) is 138 Å². The molecule has 14 aromatic rings. The topological polar surface area (TPSA) is 489 Å². The molecule has 0 saturated heterocycles. The van der Waals surface area contributed by atoms with Gasteiger partial charge in [-0.1, -0.05) is 135 Å². The van der Waals surface area contributed by atoms with E-state index in [0.717, 1.165) is 31.8 Å². The minimum absolute atomic E-state index is 0.148. The van der Waals surface area contributed by atoms with Crippen LogP contribution in [-0.2, 0) is 95.3 Å². The van der Waals surface area contributed by atoms with Crippen LogP contribution in [0.15, 0.2) is 161 Å². The number of methoxy groups -OCH3 is 4. The van der Waals surface area contributed by atoms with Gasteiger partial charge in [-0.05, 0) is 130 Å². The number of aromatic nitrogens is 7. The number of rotatable bonds is 17. The van der Waals surface area contributed by atoms with E-state index < -0.39 is 132 Å². The summed E-state index contributed by atoms with van der Waals surface area (Å²) in [5.41, 5.74) is -1.63. The van der Waals surface area contributed by atoms with Gasteiger partial charge in [0.1, 0.15) is 46.0 Å². The average Bonchev–Trinajstić information content (AvgIpc) is 0.799. The molecule has 0 aliphatic carbocycles. The number of aromatic hydroxyl groups is 7. The number of nitrogens with zero attached hydrogens (tertiary/aromatic N) is 7. The van der Waals surface area contributed by atoms with Crippen LogP contribution in [-0.4, -0.2) is 164 Å². The molecule has 36 nitrogen and oxygen atoms in total. The van der Waals surface area contributed by atoms with Crippen LogP contribution in [0.1, 0.15) is 151 Å². The van der Waals surface area contributed by atoms with Crippen molar-refractivity contribution in [3.05, 3.63) is 270 Å². The standard InChI is InChI=1S/C15H16ClNO4.C15H17NO4.2C14H14ClNO4.C14H15NO4.C13H13NO5.C12H10ClNO4/c1-3-4-8-21-15(20)12-13(18)11-9(16)6-5-7-10(11)17(2)14(12)19;1-4-9-7-6-8-10-11(9)13(17)12(14(18)16(10)3)15(19)20-5-2;1-7(2)20-14(19)11-12(17)10-8(15)5-4-6-9(10)16(3)13(11)18;1-3-7-20-14(19)11-12(17)10-8(15)5-4-6-9(10)16(2)13(11)18;1-4-8-6-5-7-9-10(8)12(16)11(14(18)19-3)13(17)15(9)2;1-14-7-5-4-6-8(18-2)9(7)11(15)10(12(14)16)13(17)19-3;1-14-7-5-3-4-6(13)8(7)10(15)9(11(14)16)12(17)18-2/h5-7,18H,3-4,8H2,1-2H3;6-8,17H,4-5H2,1-3H3;4-7,17H,1-3H3;4-6,17H,3,7H2,1-2H3;5-7,16H,4H2,1-3H3;4-6,15H,1-3H3;3-5,15H,1-2H3. The maximum absolute atomic E-state index is 12.2. The molecule has 0 aliphatic rings. The molecular formula is C97H99Cl4N7O29. The van der Waals surface area contributed by atoms with E-state index >= 15 is 0 Å². The molecule has 0 amide bonds. The third-order valence-electron chi connectivity index (χ3n) is 21.5. The SMILES string of the molecule is CC(C)OC(=O)c1c(O)c2c(Cl)cccc2n(C)c1=O.CCCCOC(=O)c1c(O)c2c(Cl)cccc2n(C)c1=O.CCCOC(=O)c1c(O)c2c(Cl)cccc2n(C)c1=O.CCOC(=O)c1c(O)c2c(CC)cccc2n(C)c1=O.CCc1cccc2c1c(O)c(C(=O)OC)c(=O)n2C.COC(=O)c1c(O)c2c(Cl)cccc2n(C)c1=O.COC(=O)c1c(O)c2c(OC)cccc2n(C)c1=O. The lowest BCUT2D eigenvalue weighted by Crippen LogP contribution is -2.27. The van der Waals surface area contributed by atoms with Crippen LogP contribution in [0.2, 0.25) is 20.1 Å². The van der Waals surface area contributed by atoms with E-state index in [0.29, 0.717) is 86.2 Å². The molecule has 724 valence electrons. The number of hydrogen-bond acceptors (Lipinski definition) is 29. The van der Waals surface area contributed by atoms with E-state index in [-0.39, 0.29) is 95.2 Å². The number of ether oxygens (including phenoxy) is 8. The number of aryl methyl sites for hydroxylation is 9. The van der Waals surface area contributed by atoms with Gasteiger partial charge in [-0.3, -0.25) is 33.6 Å². The fourth-order valence-corrected chi connectivity index (χ4v) is 15.5. The fourth-order valence-electron chi connectivity index (χ4n) is 14.4. The predicted octanol–water partition coefficient (Wildman–Crippen LogP) is 14.1. The number of unbranched alkanes of at least 4 members (excludes halogenated alkanes) is 1. The number of fused-ring (bicyclic) bond motifs is 7. The number of pyridine rings is 7. The summed E-state index contributed by atoms with van der Waals surface area (Å²) in [7, 11) is 15.6. The minimum Gasteiger partial charge on any atom is -0.506 e. The summed E-state index contributed by atoms with van der Waals surface area (Å²) < 4.78 is 47.5. The molecule has 0 atom stereocenters. The Hall–Kier alpha value is -15.1. The van der Waals surface area contributed by atoms with Crippen LogP contribution < -0.4 is 43.7 Å². The second-order valence-corrected chi connectivity index (χ2v) is 31.7. The van der Waals surface area contributed by atoms with Gasteiger partial charge in [0.05, 0.1) is 140 Å². The van der Waals surface area contributed by atoms with Crippen LogP contribution in [0, 0.1) is 0 Å². The van der Waals surface area contributed by atoms with Crippen molar-refractivity contribution in [3.8, 4) is 46.0 Å². The van der Waals surface area contributed by atoms with Crippen LogP contribution in [0.4, 0.5) is 0 Å². The van der Waals surface area contributed by atoms with E-state index in [2.05, 4.69) is 14.2 Å².